The zero-order valence-electron chi connectivity index (χ0n) is 18.0. The number of anilines is 3. The van der Waals surface area contributed by atoms with E-state index in [9.17, 15) is 0 Å². The first kappa shape index (κ1) is 18.6. The lowest BCUT2D eigenvalue weighted by atomic mass is 9.84. The molecule has 1 aliphatic rings. The molecule has 3 aromatic carbocycles. The highest BCUT2D eigenvalue weighted by Gasteiger charge is 2.29. The molecule has 0 radical (unpaired) electrons. The van der Waals surface area contributed by atoms with Gasteiger partial charge in [0.05, 0.1) is 17.1 Å². The van der Waals surface area contributed by atoms with Crippen molar-refractivity contribution in [3.05, 3.63) is 76.3 Å². The van der Waals surface area contributed by atoms with E-state index in [0.717, 1.165) is 28.4 Å². The minimum absolute atomic E-state index is 0.127. The molecule has 0 aromatic heterocycles. The zero-order valence-corrected chi connectivity index (χ0v) is 18.0. The molecular weight excluding hydrogens is 342 g/mol. The van der Waals surface area contributed by atoms with E-state index in [1.165, 1.54) is 27.9 Å². The van der Waals surface area contributed by atoms with Gasteiger partial charge in [-0.15, -0.1) is 0 Å². The fourth-order valence-electron chi connectivity index (χ4n) is 4.06. The van der Waals surface area contributed by atoms with Crippen LogP contribution in [-0.4, -0.2) is 0 Å². The van der Waals surface area contributed by atoms with Crippen LogP contribution in [0.1, 0.15) is 48.6 Å². The SMILES string of the molecule is Cc1ccc2c(c1)N(c1c(C)cc(C(C)(C)C)cc1C)c1cccc(C)c1O2. The summed E-state index contributed by atoms with van der Waals surface area (Å²) in [5.74, 6) is 1.85. The highest BCUT2D eigenvalue weighted by atomic mass is 16.5. The van der Waals surface area contributed by atoms with Gasteiger partial charge in [0.2, 0.25) is 0 Å². The van der Waals surface area contributed by atoms with Crippen LogP contribution in [0.3, 0.4) is 0 Å². The molecule has 28 heavy (non-hydrogen) atoms. The molecule has 1 aliphatic heterocycles. The van der Waals surface area contributed by atoms with Gasteiger partial charge in [0.15, 0.2) is 11.5 Å². The lowest BCUT2D eigenvalue weighted by Crippen LogP contribution is -2.20. The van der Waals surface area contributed by atoms with E-state index in [0.29, 0.717) is 0 Å². The number of benzene rings is 3. The quantitative estimate of drug-likeness (QED) is 0.338. The van der Waals surface area contributed by atoms with Crippen LogP contribution in [0.4, 0.5) is 17.1 Å². The number of aryl methyl sites for hydroxylation is 4. The van der Waals surface area contributed by atoms with Gasteiger partial charge in [0.25, 0.3) is 0 Å². The Balaban J connectivity index is 2.01. The highest BCUT2D eigenvalue weighted by molar-refractivity contribution is 5.89. The molecule has 0 aliphatic carbocycles. The van der Waals surface area contributed by atoms with E-state index in [1.54, 1.807) is 0 Å². The Hall–Kier alpha value is -2.74. The molecule has 0 bridgehead atoms. The molecule has 0 atom stereocenters. The van der Waals surface area contributed by atoms with Gasteiger partial charge in [-0.05, 0) is 79.1 Å². The van der Waals surface area contributed by atoms with E-state index in [4.69, 9.17) is 4.74 Å². The molecule has 0 saturated heterocycles. The summed E-state index contributed by atoms with van der Waals surface area (Å²) in [5.41, 5.74) is 9.89. The van der Waals surface area contributed by atoms with Crippen molar-refractivity contribution >= 4 is 17.1 Å². The van der Waals surface area contributed by atoms with Crippen LogP contribution >= 0.6 is 0 Å². The average molecular weight is 372 g/mol. The van der Waals surface area contributed by atoms with Gasteiger partial charge in [-0.25, -0.2) is 0 Å². The third-order valence-electron chi connectivity index (χ3n) is 5.58. The summed E-state index contributed by atoms with van der Waals surface area (Å²) in [6.07, 6.45) is 0. The Kier molecular flexibility index (Phi) is 4.26. The van der Waals surface area contributed by atoms with Gasteiger partial charge in [-0.1, -0.05) is 51.1 Å². The molecule has 2 nitrogen and oxygen atoms in total. The van der Waals surface area contributed by atoms with Crippen LogP contribution in [0.15, 0.2) is 48.5 Å². The lowest BCUT2D eigenvalue weighted by molar-refractivity contribution is 0.473. The van der Waals surface area contributed by atoms with E-state index >= 15 is 0 Å². The van der Waals surface area contributed by atoms with Crippen LogP contribution in [0.2, 0.25) is 0 Å². The fourth-order valence-corrected chi connectivity index (χ4v) is 4.06. The highest BCUT2D eigenvalue weighted by Crippen LogP contribution is 2.53. The maximum Gasteiger partial charge on any atom is 0.154 e. The minimum atomic E-state index is 0.127. The number of ether oxygens (including phenoxy) is 1. The Morgan fingerprint density at radius 1 is 0.750 bits per heavy atom. The van der Waals surface area contributed by atoms with E-state index in [1.807, 2.05) is 0 Å². The van der Waals surface area contributed by atoms with Crippen LogP contribution in [0.25, 0.3) is 0 Å². The molecule has 3 aromatic rings. The van der Waals surface area contributed by atoms with Crippen molar-refractivity contribution in [1.82, 2.24) is 0 Å². The Bertz CT molecular complexity index is 1050. The first-order valence-electron chi connectivity index (χ1n) is 9.97. The van der Waals surface area contributed by atoms with Gasteiger partial charge >= 0.3 is 0 Å². The summed E-state index contributed by atoms with van der Waals surface area (Å²) < 4.78 is 6.33. The number of para-hydroxylation sites is 1. The predicted molar refractivity (Wildman–Crippen MR) is 119 cm³/mol. The molecule has 0 N–H and O–H groups in total. The third-order valence-corrected chi connectivity index (χ3v) is 5.58. The van der Waals surface area contributed by atoms with Crippen LogP contribution in [0, 0.1) is 27.7 Å². The topological polar surface area (TPSA) is 12.5 Å². The van der Waals surface area contributed by atoms with Gasteiger partial charge < -0.3 is 9.64 Å². The van der Waals surface area contributed by atoms with Gasteiger partial charge in [0, 0.05) is 0 Å². The Labute approximate surface area is 168 Å². The molecule has 0 amide bonds. The van der Waals surface area contributed by atoms with Crippen LogP contribution in [0.5, 0.6) is 11.5 Å². The second-order valence-electron chi connectivity index (χ2n) is 9.04. The summed E-state index contributed by atoms with van der Waals surface area (Å²) >= 11 is 0. The summed E-state index contributed by atoms with van der Waals surface area (Å²) in [5, 5.41) is 0. The molecule has 0 unspecified atom stereocenters. The molecule has 0 spiro atoms. The van der Waals surface area contributed by atoms with Crippen molar-refractivity contribution in [3.8, 4) is 11.5 Å². The largest absolute Gasteiger partial charge is 0.453 e. The van der Waals surface area contributed by atoms with Crippen molar-refractivity contribution in [3.63, 3.8) is 0 Å². The van der Waals surface area contributed by atoms with E-state index in [-0.39, 0.29) is 5.41 Å². The summed E-state index contributed by atoms with van der Waals surface area (Å²) in [6, 6.07) is 17.5. The van der Waals surface area contributed by atoms with E-state index in [2.05, 4.69) is 102 Å². The molecule has 4 rings (SSSR count). The zero-order chi connectivity index (χ0) is 20.2. The third kappa shape index (κ3) is 2.97. The van der Waals surface area contributed by atoms with Crippen LogP contribution < -0.4 is 9.64 Å². The number of hydrogen-bond acceptors (Lipinski definition) is 2. The number of rotatable bonds is 1. The Morgan fingerprint density at radius 2 is 1.43 bits per heavy atom. The monoisotopic (exact) mass is 371 g/mol. The van der Waals surface area contributed by atoms with Crippen molar-refractivity contribution in [2.75, 3.05) is 4.90 Å². The summed E-state index contributed by atoms with van der Waals surface area (Å²) in [7, 11) is 0. The number of fused-ring (bicyclic) bond motifs is 2. The maximum absolute atomic E-state index is 6.33. The second kappa shape index (κ2) is 6.41. The van der Waals surface area contributed by atoms with Gasteiger partial charge in [-0.3, -0.25) is 0 Å². The first-order valence-corrected chi connectivity index (χ1v) is 9.97. The summed E-state index contributed by atoms with van der Waals surface area (Å²) in [6.45, 7) is 15.5. The minimum Gasteiger partial charge on any atom is -0.453 e. The van der Waals surface area contributed by atoms with Crippen molar-refractivity contribution in [2.24, 2.45) is 0 Å². The van der Waals surface area contributed by atoms with Crippen molar-refractivity contribution in [1.29, 1.82) is 0 Å². The van der Waals surface area contributed by atoms with Crippen molar-refractivity contribution in [2.45, 2.75) is 53.9 Å². The molecule has 144 valence electrons. The summed E-state index contributed by atoms with van der Waals surface area (Å²) in [4.78, 5) is 2.38. The predicted octanol–water partition coefficient (Wildman–Crippen LogP) is 7.79. The lowest BCUT2D eigenvalue weighted by Gasteiger charge is -2.36. The van der Waals surface area contributed by atoms with Gasteiger partial charge in [-0.2, -0.15) is 0 Å². The second-order valence-corrected chi connectivity index (χ2v) is 9.04. The Morgan fingerprint density at radius 3 is 2.07 bits per heavy atom. The molecule has 2 heteroatoms. The van der Waals surface area contributed by atoms with Crippen LogP contribution in [-0.2, 0) is 5.41 Å². The average Bonchev–Trinajstić information content (AvgIpc) is 2.60. The first-order chi connectivity index (χ1) is 13.2. The molecule has 0 fully saturated rings. The normalized spacial score (nSPS) is 13.0. The molecule has 1 heterocycles. The number of hydrogen-bond donors (Lipinski definition) is 0. The smallest absolute Gasteiger partial charge is 0.154 e. The van der Waals surface area contributed by atoms with Crippen molar-refractivity contribution < 1.29 is 4.74 Å². The van der Waals surface area contributed by atoms with E-state index < -0.39 is 0 Å². The standard InChI is InChI=1S/C26H29NO/c1-16-11-12-23-22(13-16)27(21-10-8-9-17(2)25(21)28-23)24-18(3)14-20(15-19(24)4)26(5,6)7/h8-15H,1-7H3. The fraction of sp³-hybridized carbons (Fsp3) is 0.308. The maximum atomic E-state index is 6.33. The molecule has 0 saturated carbocycles. The molecular formula is C26H29NO. The number of nitrogens with zero attached hydrogens (tertiary/aromatic N) is 1. The van der Waals surface area contributed by atoms with Gasteiger partial charge in [0.1, 0.15) is 0 Å².